The summed E-state index contributed by atoms with van der Waals surface area (Å²) < 4.78 is 0. The molecule has 1 aliphatic rings. The molecule has 0 amide bonds. The fraction of sp³-hybridized carbons (Fsp3) is 0.0769. The van der Waals surface area contributed by atoms with Gasteiger partial charge in [0, 0.05) is 0 Å². The summed E-state index contributed by atoms with van der Waals surface area (Å²) in [7, 11) is 0. The Morgan fingerprint density at radius 3 is 2.80 bits per heavy atom. The van der Waals surface area contributed by atoms with Crippen LogP contribution in [0.3, 0.4) is 0 Å². The van der Waals surface area contributed by atoms with Crippen LogP contribution in [0.5, 0.6) is 0 Å². The Morgan fingerprint density at radius 1 is 1.27 bits per heavy atom. The number of anilines is 1. The van der Waals surface area contributed by atoms with Gasteiger partial charge in [-0.15, -0.1) is 0 Å². The lowest BCUT2D eigenvalue weighted by Crippen LogP contribution is -2.19. The molecule has 0 spiro atoms. The lowest BCUT2D eigenvalue weighted by Gasteiger charge is -2.11. The van der Waals surface area contributed by atoms with Crippen molar-refractivity contribution >= 4 is 5.69 Å². The van der Waals surface area contributed by atoms with E-state index in [0.29, 0.717) is 0 Å². The number of nitrogens with one attached hydrogen (secondary N) is 2. The minimum Gasteiger partial charge on any atom is -0.320 e. The number of para-hydroxylation sites is 1. The van der Waals surface area contributed by atoms with Crippen LogP contribution in [0.1, 0.15) is 11.6 Å². The maximum atomic E-state index is 3.81. The molecule has 1 atom stereocenters. The molecule has 2 heteroatoms. The first kappa shape index (κ1) is 9.74. The van der Waals surface area contributed by atoms with Gasteiger partial charge in [0.15, 0.2) is 0 Å². The van der Waals surface area contributed by atoms with Gasteiger partial charge >= 0.3 is 0 Å². The number of fused-ring (bicyclic) bond motifs is 1. The Bertz CT molecular complexity index is 418. The fourth-order valence-corrected chi connectivity index (χ4v) is 1.77. The van der Waals surface area contributed by atoms with Crippen molar-refractivity contribution in [1.82, 2.24) is 5.43 Å². The second-order valence-electron chi connectivity index (χ2n) is 3.40. The normalized spacial score (nSPS) is 19.2. The lowest BCUT2D eigenvalue weighted by atomic mass is 9.99. The third-order valence-corrected chi connectivity index (χ3v) is 2.50. The van der Waals surface area contributed by atoms with E-state index in [1.807, 2.05) is 24.3 Å². The SMILES string of the molecule is C=C/C=C(\C=C)C1NNc2ccccc21. The van der Waals surface area contributed by atoms with Crippen molar-refractivity contribution < 1.29 is 0 Å². The van der Waals surface area contributed by atoms with Crippen molar-refractivity contribution in [3.8, 4) is 0 Å². The van der Waals surface area contributed by atoms with Crippen LogP contribution in [0.15, 0.2) is 61.2 Å². The molecule has 1 heterocycles. The van der Waals surface area contributed by atoms with Crippen LogP contribution in [0.4, 0.5) is 5.69 Å². The number of hydrogen-bond donors (Lipinski definition) is 2. The van der Waals surface area contributed by atoms with Gasteiger partial charge in [-0.3, -0.25) is 0 Å². The maximum Gasteiger partial charge on any atom is 0.0780 e. The molecule has 0 saturated carbocycles. The fourth-order valence-electron chi connectivity index (χ4n) is 1.77. The molecule has 2 nitrogen and oxygen atoms in total. The van der Waals surface area contributed by atoms with Crippen molar-refractivity contribution in [2.24, 2.45) is 0 Å². The predicted octanol–water partition coefficient (Wildman–Crippen LogP) is 2.96. The van der Waals surface area contributed by atoms with Crippen LogP contribution in [0.2, 0.25) is 0 Å². The van der Waals surface area contributed by atoms with Crippen molar-refractivity contribution in [2.45, 2.75) is 6.04 Å². The number of hydrazine groups is 1. The van der Waals surface area contributed by atoms with E-state index in [4.69, 9.17) is 0 Å². The van der Waals surface area contributed by atoms with Gasteiger partial charge in [-0.1, -0.05) is 49.6 Å². The van der Waals surface area contributed by atoms with E-state index in [1.54, 1.807) is 6.08 Å². The molecule has 2 N–H and O–H groups in total. The Balaban J connectivity index is 2.38. The molecule has 1 aromatic carbocycles. The summed E-state index contributed by atoms with van der Waals surface area (Å²) in [5.74, 6) is 0. The number of hydrogen-bond acceptors (Lipinski definition) is 2. The Morgan fingerprint density at radius 2 is 2.07 bits per heavy atom. The number of allylic oxidation sites excluding steroid dienone is 2. The molecular formula is C13H14N2. The highest BCUT2D eigenvalue weighted by molar-refractivity contribution is 5.59. The summed E-state index contributed by atoms with van der Waals surface area (Å²) in [6.07, 6.45) is 5.59. The van der Waals surface area contributed by atoms with Gasteiger partial charge in [0.1, 0.15) is 0 Å². The number of benzene rings is 1. The minimum absolute atomic E-state index is 0.164. The summed E-state index contributed by atoms with van der Waals surface area (Å²) in [6, 6.07) is 8.37. The Kier molecular flexibility index (Phi) is 2.70. The second-order valence-corrected chi connectivity index (χ2v) is 3.40. The molecule has 76 valence electrons. The van der Waals surface area contributed by atoms with E-state index in [1.165, 1.54) is 5.56 Å². The molecule has 0 fully saturated rings. The smallest absolute Gasteiger partial charge is 0.0780 e. The summed E-state index contributed by atoms with van der Waals surface area (Å²) in [6.45, 7) is 7.52. The largest absolute Gasteiger partial charge is 0.320 e. The van der Waals surface area contributed by atoms with E-state index < -0.39 is 0 Å². The highest BCUT2D eigenvalue weighted by Gasteiger charge is 2.22. The lowest BCUT2D eigenvalue weighted by molar-refractivity contribution is 0.728. The first-order chi connectivity index (χ1) is 7.36. The van der Waals surface area contributed by atoms with Gasteiger partial charge < -0.3 is 5.43 Å². The summed E-state index contributed by atoms with van der Waals surface area (Å²) >= 11 is 0. The quantitative estimate of drug-likeness (QED) is 0.730. The van der Waals surface area contributed by atoms with Gasteiger partial charge in [-0.25, -0.2) is 5.43 Å². The van der Waals surface area contributed by atoms with E-state index >= 15 is 0 Å². The summed E-state index contributed by atoms with van der Waals surface area (Å²) in [5, 5.41) is 0. The van der Waals surface area contributed by atoms with Crippen molar-refractivity contribution in [3.63, 3.8) is 0 Å². The van der Waals surface area contributed by atoms with Gasteiger partial charge in [-0.05, 0) is 17.2 Å². The average molecular weight is 198 g/mol. The van der Waals surface area contributed by atoms with Crippen LogP contribution >= 0.6 is 0 Å². The summed E-state index contributed by atoms with van der Waals surface area (Å²) in [5.41, 5.74) is 9.85. The zero-order valence-corrected chi connectivity index (χ0v) is 8.53. The zero-order valence-electron chi connectivity index (χ0n) is 8.53. The molecule has 0 aliphatic carbocycles. The van der Waals surface area contributed by atoms with E-state index in [9.17, 15) is 0 Å². The highest BCUT2D eigenvalue weighted by Crippen LogP contribution is 2.32. The second kappa shape index (κ2) is 4.15. The van der Waals surface area contributed by atoms with Gasteiger partial charge in [0.2, 0.25) is 0 Å². The molecular weight excluding hydrogens is 184 g/mol. The van der Waals surface area contributed by atoms with Crippen molar-refractivity contribution in [3.05, 3.63) is 66.8 Å². The third kappa shape index (κ3) is 1.72. The number of rotatable bonds is 3. The zero-order chi connectivity index (χ0) is 10.7. The molecule has 0 saturated heterocycles. The topological polar surface area (TPSA) is 24.1 Å². The molecule has 2 rings (SSSR count). The predicted molar refractivity (Wildman–Crippen MR) is 64.4 cm³/mol. The van der Waals surface area contributed by atoms with Crippen molar-refractivity contribution in [1.29, 1.82) is 0 Å². The molecule has 1 aromatic rings. The molecule has 0 radical (unpaired) electrons. The molecule has 15 heavy (non-hydrogen) atoms. The summed E-state index contributed by atoms with van der Waals surface area (Å²) in [4.78, 5) is 0. The Hall–Kier alpha value is -1.80. The van der Waals surface area contributed by atoms with Crippen LogP contribution in [0.25, 0.3) is 0 Å². The van der Waals surface area contributed by atoms with E-state index in [0.717, 1.165) is 11.3 Å². The first-order valence-electron chi connectivity index (χ1n) is 4.92. The maximum absolute atomic E-state index is 3.81. The molecule has 1 unspecified atom stereocenters. The van der Waals surface area contributed by atoms with Gasteiger partial charge in [-0.2, -0.15) is 0 Å². The Labute approximate surface area is 90.0 Å². The molecule has 1 aliphatic heterocycles. The standard InChI is InChI=1S/C13H14N2/c1-3-7-10(4-2)13-11-8-5-6-9-12(11)14-15-13/h3-9,13-15H,1-2H2/b10-7+. The van der Waals surface area contributed by atoms with Crippen molar-refractivity contribution in [2.75, 3.05) is 5.43 Å². The van der Waals surface area contributed by atoms with Crippen LogP contribution < -0.4 is 10.9 Å². The van der Waals surface area contributed by atoms with E-state index in [2.05, 4.69) is 36.1 Å². The minimum atomic E-state index is 0.164. The monoisotopic (exact) mass is 198 g/mol. The van der Waals surface area contributed by atoms with Crippen LogP contribution in [-0.4, -0.2) is 0 Å². The van der Waals surface area contributed by atoms with Gasteiger partial charge in [0.05, 0.1) is 11.7 Å². The van der Waals surface area contributed by atoms with Crippen LogP contribution in [0, 0.1) is 0 Å². The third-order valence-electron chi connectivity index (χ3n) is 2.50. The molecule has 0 aromatic heterocycles. The van der Waals surface area contributed by atoms with Crippen LogP contribution in [-0.2, 0) is 0 Å². The average Bonchev–Trinajstić information content (AvgIpc) is 2.70. The highest BCUT2D eigenvalue weighted by atomic mass is 15.4. The first-order valence-corrected chi connectivity index (χ1v) is 4.92. The molecule has 0 bridgehead atoms. The van der Waals surface area contributed by atoms with Gasteiger partial charge in [0.25, 0.3) is 0 Å². The van der Waals surface area contributed by atoms with E-state index in [-0.39, 0.29) is 6.04 Å².